The lowest BCUT2D eigenvalue weighted by Gasteiger charge is -2.11. The maximum Gasteiger partial charge on any atom is 0.131 e. The van der Waals surface area contributed by atoms with Crippen molar-refractivity contribution in [1.82, 2.24) is 9.97 Å². The summed E-state index contributed by atoms with van der Waals surface area (Å²) in [5, 5.41) is 3.07. The molecule has 0 atom stereocenters. The van der Waals surface area contributed by atoms with Crippen LogP contribution in [0.15, 0.2) is 30.3 Å². The van der Waals surface area contributed by atoms with Crippen LogP contribution in [0.2, 0.25) is 0 Å². The monoisotopic (exact) mass is 271 g/mol. The van der Waals surface area contributed by atoms with E-state index in [-0.39, 0.29) is 6.10 Å². The molecule has 0 saturated heterocycles. The van der Waals surface area contributed by atoms with E-state index in [1.54, 1.807) is 0 Å². The third-order valence-corrected chi connectivity index (χ3v) is 2.87. The fourth-order valence-electron chi connectivity index (χ4n) is 1.91. The summed E-state index contributed by atoms with van der Waals surface area (Å²) < 4.78 is 5.65. The molecule has 0 unspecified atom stereocenters. The Labute approximate surface area is 120 Å². The number of hydrogen-bond acceptors (Lipinski definition) is 4. The first-order valence-electron chi connectivity index (χ1n) is 6.95. The van der Waals surface area contributed by atoms with Gasteiger partial charge in [-0.05, 0) is 38.1 Å². The predicted molar refractivity (Wildman–Crippen MR) is 82.2 cm³/mol. The fraction of sp³-hybridized carbons (Fsp3) is 0.375. The first-order chi connectivity index (χ1) is 9.62. The van der Waals surface area contributed by atoms with Gasteiger partial charge in [0, 0.05) is 25.1 Å². The number of anilines is 1. The maximum atomic E-state index is 5.65. The highest BCUT2D eigenvalue weighted by atomic mass is 16.5. The van der Waals surface area contributed by atoms with Crippen molar-refractivity contribution in [2.24, 2.45) is 0 Å². The van der Waals surface area contributed by atoms with Crippen LogP contribution in [0.4, 0.5) is 5.82 Å². The lowest BCUT2D eigenvalue weighted by atomic mass is 10.1. The minimum atomic E-state index is 0.183. The summed E-state index contributed by atoms with van der Waals surface area (Å²) in [5.41, 5.74) is 1.99. The molecule has 0 saturated carbocycles. The third-order valence-electron chi connectivity index (χ3n) is 2.87. The summed E-state index contributed by atoms with van der Waals surface area (Å²) in [7, 11) is 1.87. The fourth-order valence-corrected chi connectivity index (χ4v) is 1.91. The van der Waals surface area contributed by atoms with Gasteiger partial charge in [0.05, 0.1) is 11.8 Å². The highest BCUT2D eigenvalue weighted by molar-refractivity contribution is 5.63. The normalized spacial score (nSPS) is 10.7. The highest BCUT2D eigenvalue weighted by Gasteiger charge is 2.06. The second-order valence-electron chi connectivity index (χ2n) is 4.85. The Kier molecular flexibility index (Phi) is 4.56. The molecule has 0 aliphatic heterocycles. The van der Waals surface area contributed by atoms with Crippen LogP contribution >= 0.6 is 0 Å². The van der Waals surface area contributed by atoms with Crippen LogP contribution in [-0.2, 0) is 6.42 Å². The highest BCUT2D eigenvalue weighted by Crippen LogP contribution is 2.23. The molecule has 1 aromatic carbocycles. The molecular weight excluding hydrogens is 250 g/mol. The first kappa shape index (κ1) is 14.3. The quantitative estimate of drug-likeness (QED) is 0.903. The Morgan fingerprint density at radius 2 is 1.85 bits per heavy atom. The lowest BCUT2D eigenvalue weighted by Crippen LogP contribution is -2.05. The van der Waals surface area contributed by atoms with Gasteiger partial charge in [-0.2, -0.15) is 0 Å². The van der Waals surface area contributed by atoms with Crippen LogP contribution in [0.1, 0.15) is 26.6 Å². The molecule has 0 aliphatic rings. The van der Waals surface area contributed by atoms with E-state index in [2.05, 4.69) is 22.2 Å². The van der Waals surface area contributed by atoms with Gasteiger partial charge in [0.25, 0.3) is 0 Å². The van der Waals surface area contributed by atoms with Crippen LogP contribution in [0.5, 0.6) is 5.75 Å². The zero-order valence-corrected chi connectivity index (χ0v) is 12.5. The van der Waals surface area contributed by atoms with Gasteiger partial charge in [-0.25, -0.2) is 9.97 Å². The molecule has 4 nitrogen and oxygen atoms in total. The van der Waals surface area contributed by atoms with Crippen LogP contribution < -0.4 is 10.1 Å². The van der Waals surface area contributed by atoms with Gasteiger partial charge in [0.2, 0.25) is 0 Å². The van der Waals surface area contributed by atoms with Crippen molar-refractivity contribution >= 4 is 5.82 Å². The summed E-state index contributed by atoms with van der Waals surface area (Å²) >= 11 is 0. The van der Waals surface area contributed by atoms with Crippen molar-refractivity contribution < 1.29 is 4.74 Å². The van der Waals surface area contributed by atoms with Gasteiger partial charge >= 0.3 is 0 Å². The molecule has 0 bridgehead atoms. The largest absolute Gasteiger partial charge is 0.491 e. The van der Waals surface area contributed by atoms with E-state index < -0.39 is 0 Å². The standard InChI is InChI=1S/C16H21N3O/c1-5-15-18-14(10-16(17-4)19-15)12-6-8-13(9-7-12)20-11(2)3/h6-11H,5H2,1-4H3,(H,17,18,19). The number of aromatic nitrogens is 2. The molecule has 0 radical (unpaired) electrons. The van der Waals surface area contributed by atoms with Crippen molar-refractivity contribution in [3.63, 3.8) is 0 Å². The minimum Gasteiger partial charge on any atom is -0.491 e. The van der Waals surface area contributed by atoms with Crippen LogP contribution in [0, 0.1) is 0 Å². The van der Waals surface area contributed by atoms with Crippen molar-refractivity contribution in [3.8, 4) is 17.0 Å². The summed E-state index contributed by atoms with van der Waals surface area (Å²) in [6, 6.07) is 9.96. The third kappa shape index (κ3) is 3.47. The Balaban J connectivity index is 2.31. The summed E-state index contributed by atoms with van der Waals surface area (Å²) in [4.78, 5) is 8.97. The van der Waals surface area contributed by atoms with Gasteiger partial charge in [-0.15, -0.1) is 0 Å². The smallest absolute Gasteiger partial charge is 0.131 e. The lowest BCUT2D eigenvalue weighted by molar-refractivity contribution is 0.242. The minimum absolute atomic E-state index is 0.183. The van der Waals surface area contributed by atoms with E-state index in [0.29, 0.717) is 0 Å². The van der Waals surface area contributed by atoms with Gasteiger partial charge in [0.1, 0.15) is 17.4 Å². The predicted octanol–water partition coefficient (Wildman–Crippen LogP) is 3.53. The van der Waals surface area contributed by atoms with Crippen LogP contribution in [-0.4, -0.2) is 23.1 Å². The second-order valence-corrected chi connectivity index (χ2v) is 4.85. The molecule has 2 aromatic rings. The molecule has 1 aromatic heterocycles. The SMILES string of the molecule is CCc1nc(NC)cc(-c2ccc(OC(C)C)cc2)n1. The number of nitrogens with zero attached hydrogens (tertiary/aromatic N) is 2. The molecule has 20 heavy (non-hydrogen) atoms. The van der Waals surface area contributed by atoms with Crippen molar-refractivity contribution in [2.45, 2.75) is 33.3 Å². The van der Waals surface area contributed by atoms with E-state index in [4.69, 9.17) is 4.74 Å². The van der Waals surface area contributed by atoms with Crippen molar-refractivity contribution in [1.29, 1.82) is 0 Å². The Morgan fingerprint density at radius 1 is 1.15 bits per heavy atom. The van der Waals surface area contributed by atoms with E-state index in [1.165, 1.54) is 0 Å². The zero-order valence-electron chi connectivity index (χ0n) is 12.5. The Morgan fingerprint density at radius 3 is 2.40 bits per heavy atom. The van der Waals surface area contributed by atoms with E-state index in [9.17, 15) is 0 Å². The van der Waals surface area contributed by atoms with Crippen LogP contribution in [0.25, 0.3) is 11.3 Å². The van der Waals surface area contributed by atoms with Crippen molar-refractivity contribution in [3.05, 3.63) is 36.2 Å². The number of nitrogens with one attached hydrogen (secondary N) is 1. The van der Waals surface area contributed by atoms with E-state index in [1.807, 2.05) is 51.2 Å². The van der Waals surface area contributed by atoms with Gasteiger partial charge in [-0.3, -0.25) is 0 Å². The molecule has 0 spiro atoms. The van der Waals surface area contributed by atoms with Gasteiger partial charge in [0.15, 0.2) is 0 Å². The summed E-state index contributed by atoms with van der Waals surface area (Å²) in [5.74, 6) is 2.56. The molecular formula is C16H21N3O. The molecule has 1 heterocycles. The summed E-state index contributed by atoms with van der Waals surface area (Å²) in [6.45, 7) is 6.09. The number of hydrogen-bond donors (Lipinski definition) is 1. The van der Waals surface area contributed by atoms with Gasteiger partial charge < -0.3 is 10.1 Å². The van der Waals surface area contributed by atoms with E-state index in [0.717, 1.165) is 35.1 Å². The first-order valence-corrected chi connectivity index (χ1v) is 6.95. The Hall–Kier alpha value is -2.10. The van der Waals surface area contributed by atoms with Crippen molar-refractivity contribution in [2.75, 3.05) is 12.4 Å². The number of aryl methyl sites for hydroxylation is 1. The average Bonchev–Trinajstić information content (AvgIpc) is 2.46. The number of ether oxygens (including phenoxy) is 1. The maximum absolute atomic E-state index is 5.65. The Bertz CT molecular complexity index is 542. The molecule has 0 amide bonds. The van der Waals surface area contributed by atoms with Gasteiger partial charge in [-0.1, -0.05) is 6.92 Å². The summed E-state index contributed by atoms with van der Waals surface area (Å²) in [6.07, 6.45) is 0.999. The molecule has 106 valence electrons. The molecule has 0 fully saturated rings. The molecule has 1 N–H and O–H groups in total. The molecule has 0 aliphatic carbocycles. The second kappa shape index (κ2) is 6.37. The number of rotatable bonds is 5. The van der Waals surface area contributed by atoms with E-state index >= 15 is 0 Å². The molecule has 2 rings (SSSR count). The van der Waals surface area contributed by atoms with Crippen LogP contribution in [0.3, 0.4) is 0 Å². The molecule has 4 heteroatoms. The number of benzene rings is 1. The zero-order chi connectivity index (χ0) is 14.5. The topological polar surface area (TPSA) is 47.0 Å². The average molecular weight is 271 g/mol.